The van der Waals surface area contributed by atoms with Gasteiger partial charge in [-0.05, 0) is 26.3 Å². The highest BCUT2D eigenvalue weighted by molar-refractivity contribution is 7.09. The van der Waals surface area contributed by atoms with Crippen molar-refractivity contribution in [1.29, 1.82) is 0 Å². The summed E-state index contributed by atoms with van der Waals surface area (Å²) in [4.78, 5) is 7.21. The lowest BCUT2D eigenvalue weighted by Gasteiger charge is -2.32. The average Bonchev–Trinajstić information content (AvgIpc) is 3.00. The minimum Gasteiger partial charge on any atom is -0.292 e. The number of hydrogen-bond donors (Lipinski definition) is 0. The fraction of sp³-hybridized carbons (Fsp3) is 0.769. The maximum Gasteiger partial charge on any atom is 0.110 e. The predicted molar refractivity (Wildman–Crippen MR) is 74.7 cm³/mol. The van der Waals surface area contributed by atoms with Crippen LogP contribution in [0.25, 0.3) is 0 Å². The van der Waals surface area contributed by atoms with E-state index in [9.17, 15) is 0 Å². The summed E-state index contributed by atoms with van der Waals surface area (Å²) < 4.78 is 0. The van der Waals surface area contributed by atoms with Crippen molar-refractivity contribution in [3.8, 4) is 0 Å². The van der Waals surface area contributed by atoms with Crippen LogP contribution in [0.3, 0.4) is 0 Å². The second-order valence-corrected chi connectivity index (χ2v) is 5.91. The molecule has 17 heavy (non-hydrogen) atoms. The van der Waals surface area contributed by atoms with Crippen LogP contribution in [0.1, 0.15) is 56.3 Å². The van der Waals surface area contributed by atoms with Crippen molar-refractivity contribution in [2.24, 2.45) is 0 Å². The monoisotopic (exact) mass is 272 g/mol. The normalized spacial score (nSPS) is 19.1. The molecule has 0 spiro atoms. The second-order valence-electron chi connectivity index (χ2n) is 4.76. The van der Waals surface area contributed by atoms with E-state index < -0.39 is 0 Å². The molecule has 1 saturated carbocycles. The Bertz CT molecular complexity index is 347. The SMILES string of the molecule is CCN(C1CCCC1)C(C)c1nc(CCl)cs1. The van der Waals surface area contributed by atoms with Gasteiger partial charge in [0.05, 0.1) is 17.6 Å². The van der Waals surface area contributed by atoms with Gasteiger partial charge in [0.25, 0.3) is 0 Å². The molecule has 2 rings (SSSR count). The average molecular weight is 273 g/mol. The molecule has 0 aromatic carbocycles. The second kappa shape index (κ2) is 6.17. The topological polar surface area (TPSA) is 16.1 Å². The highest BCUT2D eigenvalue weighted by Crippen LogP contribution is 2.32. The predicted octanol–water partition coefficient (Wildman–Crippen LogP) is 4.21. The van der Waals surface area contributed by atoms with Gasteiger partial charge >= 0.3 is 0 Å². The van der Waals surface area contributed by atoms with Gasteiger partial charge in [-0.3, -0.25) is 4.90 Å². The van der Waals surface area contributed by atoms with Crippen LogP contribution in [0.15, 0.2) is 5.38 Å². The van der Waals surface area contributed by atoms with Gasteiger partial charge in [-0.15, -0.1) is 22.9 Å². The van der Waals surface area contributed by atoms with Gasteiger partial charge < -0.3 is 0 Å². The van der Waals surface area contributed by atoms with Crippen molar-refractivity contribution >= 4 is 22.9 Å². The lowest BCUT2D eigenvalue weighted by molar-refractivity contribution is 0.154. The summed E-state index contributed by atoms with van der Waals surface area (Å²) in [5.41, 5.74) is 1.01. The van der Waals surface area contributed by atoms with E-state index in [0.29, 0.717) is 11.9 Å². The number of halogens is 1. The van der Waals surface area contributed by atoms with E-state index in [1.165, 1.54) is 30.7 Å². The molecule has 1 heterocycles. The molecule has 0 bridgehead atoms. The first-order valence-corrected chi connectivity index (χ1v) is 7.93. The Morgan fingerprint density at radius 2 is 2.24 bits per heavy atom. The molecule has 4 heteroatoms. The number of thiazole rings is 1. The van der Waals surface area contributed by atoms with Crippen molar-refractivity contribution in [3.05, 3.63) is 16.1 Å². The molecule has 0 aliphatic heterocycles. The molecule has 0 saturated heterocycles. The van der Waals surface area contributed by atoms with Crippen LogP contribution in [0, 0.1) is 0 Å². The quantitative estimate of drug-likeness (QED) is 0.747. The Morgan fingerprint density at radius 3 is 2.76 bits per heavy atom. The zero-order chi connectivity index (χ0) is 12.3. The Morgan fingerprint density at radius 1 is 1.53 bits per heavy atom. The van der Waals surface area contributed by atoms with Crippen molar-refractivity contribution in [3.63, 3.8) is 0 Å². The van der Waals surface area contributed by atoms with E-state index in [1.54, 1.807) is 11.3 Å². The first-order valence-electron chi connectivity index (χ1n) is 6.52. The third kappa shape index (κ3) is 3.01. The zero-order valence-corrected chi connectivity index (χ0v) is 12.2. The molecule has 1 unspecified atom stereocenters. The van der Waals surface area contributed by atoms with Crippen LogP contribution in [0.4, 0.5) is 0 Å². The highest BCUT2D eigenvalue weighted by atomic mass is 35.5. The van der Waals surface area contributed by atoms with Crippen molar-refractivity contribution in [2.75, 3.05) is 6.54 Å². The molecular weight excluding hydrogens is 252 g/mol. The summed E-state index contributed by atoms with van der Waals surface area (Å²) in [5.74, 6) is 0.527. The third-order valence-corrected chi connectivity index (χ3v) is 5.06. The van der Waals surface area contributed by atoms with Crippen LogP contribution >= 0.6 is 22.9 Å². The maximum absolute atomic E-state index is 5.82. The summed E-state index contributed by atoms with van der Waals surface area (Å²) in [7, 11) is 0. The number of hydrogen-bond acceptors (Lipinski definition) is 3. The van der Waals surface area contributed by atoms with Gasteiger partial charge in [0, 0.05) is 11.4 Å². The van der Waals surface area contributed by atoms with Crippen LogP contribution in [-0.2, 0) is 5.88 Å². The largest absolute Gasteiger partial charge is 0.292 e. The molecule has 1 aromatic heterocycles. The van der Waals surface area contributed by atoms with Crippen LogP contribution < -0.4 is 0 Å². The number of rotatable bonds is 5. The molecule has 1 aromatic rings. The van der Waals surface area contributed by atoms with Crippen LogP contribution in [0.2, 0.25) is 0 Å². The molecule has 1 fully saturated rings. The maximum atomic E-state index is 5.82. The Kier molecular flexibility index (Phi) is 4.83. The van der Waals surface area contributed by atoms with E-state index in [4.69, 9.17) is 11.6 Å². The summed E-state index contributed by atoms with van der Waals surface area (Å²) in [6.07, 6.45) is 5.48. The number of alkyl halides is 1. The third-order valence-electron chi connectivity index (χ3n) is 3.72. The summed E-state index contributed by atoms with van der Waals surface area (Å²) in [6, 6.07) is 1.20. The Balaban J connectivity index is 2.07. The van der Waals surface area contributed by atoms with Gasteiger partial charge in [-0.2, -0.15) is 0 Å². The van der Waals surface area contributed by atoms with Gasteiger partial charge in [-0.25, -0.2) is 4.98 Å². The van der Waals surface area contributed by atoms with Gasteiger partial charge in [-0.1, -0.05) is 19.8 Å². The fourth-order valence-corrected chi connectivity index (χ4v) is 3.93. The Labute approximate surface area is 113 Å². The van der Waals surface area contributed by atoms with Crippen LogP contribution in [-0.4, -0.2) is 22.5 Å². The molecule has 1 aliphatic carbocycles. The van der Waals surface area contributed by atoms with Gasteiger partial charge in [0.15, 0.2) is 0 Å². The summed E-state index contributed by atoms with van der Waals surface area (Å²) in [6.45, 7) is 5.64. The van der Waals surface area contributed by atoms with E-state index in [-0.39, 0.29) is 0 Å². The summed E-state index contributed by atoms with van der Waals surface area (Å²) >= 11 is 7.56. The number of aromatic nitrogens is 1. The van der Waals surface area contributed by atoms with E-state index >= 15 is 0 Å². The molecule has 1 aliphatic rings. The minimum absolute atomic E-state index is 0.435. The first kappa shape index (κ1) is 13.3. The molecule has 2 nitrogen and oxygen atoms in total. The molecule has 96 valence electrons. The smallest absolute Gasteiger partial charge is 0.110 e. The van der Waals surface area contributed by atoms with Crippen molar-refractivity contribution in [1.82, 2.24) is 9.88 Å². The highest BCUT2D eigenvalue weighted by Gasteiger charge is 2.27. The van der Waals surface area contributed by atoms with Crippen molar-refractivity contribution in [2.45, 2.75) is 57.5 Å². The van der Waals surface area contributed by atoms with Gasteiger partial charge in [0.2, 0.25) is 0 Å². The van der Waals surface area contributed by atoms with E-state index in [1.807, 2.05) is 0 Å². The summed E-state index contributed by atoms with van der Waals surface area (Å²) in [5, 5.41) is 3.30. The van der Waals surface area contributed by atoms with E-state index in [2.05, 4.69) is 29.1 Å². The fourth-order valence-electron chi connectivity index (χ4n) is 2.80. The molecule has 0 radical (unpaired) electrons. The molecule has 0 amide bonds. The Hall–Kier alpha value is -0.120. The van der Waals surface area contributed by atoms with Crippen molar-refractivity contribution < 1.29 is 0 Å². The lowest BCUT2D eigenvalue weighted by atomic mass is 10.1. The number of nitrogens with zero attached hydrogens (tertiary/aromatic N) is 2. The molecule has 1 atom stereocenters. The minimum atomic E-state index is 0.435. The standard InChI is InChI=1S/C13H21ClN2S/c1-3-16(12-6-4-5-7-12)10(2)13-15-11(8-14)9-17-13/h9-10,12H,3-8H2,1-2H3. The van der Waals surface area contributed by atoms with Gasteiger partial charge in [0.1, 0.15) is 5.01 Å². The van der Waals surface area contributed by atoms with E-state index in [0.717, 1.165) is 18.3 Å². The zero-order valence-electron chi connectivity index (χ0n) is 10.7. The van der Waals surface area contributed by atoms with Crippen LogP contribution in [0.5, 0.6) is 0 Å². The molecular formula is C13H21ClN2S. The lowest BCUT2D eigenvalue weighted by Crippen LogP contribution is -2.35. The first-order chi connectivity index (χ1) is 8.26. The molecule has 0 N–H and O–H groups in total.